The van der Waals surface area contributed by atoms with E-state index >= 15 is 0 Å². The standard InChI is InChI=1S/C12H15N/c1-8(2)10-6-5-7-11(9(3)4)12(10)13/h5-7H,1,3,13H2,2,4H3. The van der Waals surface area contributed by atoms with E-state index in [1.54, 1.807) is 0 Å². The second-order valence-electron chi connectivity index (χ2n) is 3.33. The summed E-state index contributed by atoms with van der Waals surface area (Å²) in [4.78, 5) is 0. The lowest BCUT2D eigenvalue weighted by atomic mass is 9.99. The van der Waals surface area contributed by atoms with Crippen LogP contribution in [0.2, 0.25) is 0 Å². The summed E-state index contributed by atoms with van der Waals surface area (Å²) in [6.07, 6.45) is 0. The highest BCUT2D eigenvalue weighted by molar-refractivity contribution is 5.82. The zero-order valence-electron chi connectivity index (χ0n) is 8.22. The van der Waals surface area contributed by atoms with Gasteiger partial charge in [0, 0.05) is 16.8 Å². The van der Waals surface area contributed by atoms with E-state index in [0.717, 1.165) is 28.0 Å². The van der Waals surface area contributed by atoms with Crippen LogP contribution in [0.15, 0.2) is 31.4 Å². The Kier molecular flexibility index (Phi) is 2.57. The number of hydrogen-bond donors (Lipinski definition) is 1. The van der Waals surface area contributed by atoms with Crippen LogP contribution in [0.4, 0.5) is 5.69 Å². The van der Waals surface area contributed by atoms with Crippen LogP contribution in [-0.2, 0) is 0 Å². The molecule has 0 aromatic heterocycles. The molecule has 0 atom stereocenters. The highest BCUT2D eigenvalue weighted by atomic mass is 14.6. The van der Waals surface area contributed by atoms with Gasteiger partial charge in [0.05, 0.1) is 0 Å². The van der Waals surface area contributed by atoms with E-state index in [2.05, 4.69) is 13.2 Å². The second kappa shape index (κ2) is 3.48. The molecular formula is C12H15N. The monoisotopic (exact) mass is 173 g/mol. The zero-order chi connectivity index (χ0) is 10.0. The van der Waals surface area contributed by atoms with Crippen molar-refractivity contribution in [2.45, 2.75) is 13.8 Å². The van der Waals surface area contributed by atoms with Gasteiger partial charge in [0.15, 0.2) is 0 Å². The molecule has 0 spiro atoms. The first-order chi connectivity index (χ1) is 6.04. The van der Waals surface area contributed by atoms with Crippen LogP contribution in [0, 0.1) is 0 Å². The van der Waals surface area contributed by atoms with Gasteiger partial charge in [0.2, 0.25) is 0 Å². The molecule has 2 N–H and O–H groups in total. The van der Waals surface area contributed by atoms with Gasteiger partial charge in [-0.1, -0.05) is 31.4 Å². The summed E-state index contributed by atoms with van der Waals surface area (Å²) in [6.45, 7) is 11.7. The molecule has 1 aromatic carbocycles. The lowest BCUT2D eigenvalue weighted by Gasteiger charge is -2.10. The summed E-state index contributed by atoms with van der Waals surface area (Å²) in [6, 6.07) is 5.93. The molecule has 1 aromatic rings. The summed E-state index contributed by atoms with van der Waals surface area (Å²) in [5, 5.41) is 0. The van der Waals surface area contributed by atoms with Crippen molar-refractivity contribution < 1.29 is 0 Å². The van der Waals surface area contributed by atoms with Gasteiger partial charge >= 0.3 is 0 Å². The van der Waals surface area contributed by atoms with Crippen molar-refractivity contribution >= 4 is 16.8 Å². The van der Waals surface area contributed by atoms with Gasteiger partial charge in [-0.05, 0) is 25.0 Å². The average Bonchev–Trinajstić information content (AvgIpc) is 2.03. The van der Waals surface area contributed by atoms with Crippen molar-refractivity contribution in [2.24, 2.45) is 0 Å². The minimum atomic E-state index is 0.780. The van der Waals surface area contributed by atoms with Gasteiger partial charge in [-0.25, -0.2) is 0 Å². The first kappa shape index (κ1) is 9.59. The Balaban J connectivity index is 3.35. The molecule has 0 aliphatic carbocycles. The number of allylic oxidation sites excluding steroid dienone is 2. The molecule has 1 nitrogen and oxygen atoms in total. The maximum atomic E-state index is 5.96. The largest absolute Gasteiger partial charge is 0.398 e. The van der Waals surface area contributed by atoms with E-state index in [0.29, 0.717) is 0 Å². The van der Waals surface area contributed by atoms with Gasteiger partial charge in [-0.15, -0.1) is 0 Å². The maximum Gasteiger partial charge on any atom is 0.0466 e. The van der Waals surface area contributed by atoms with Gasteiger partial charge in [0.1, 0.15) is 0 Å². The van der Waals surface area contributed by atoms with Crippen molar-refractivity contribution in [1.82, 2.24) is 0 Å². The Bertz CT molecular complexity index is 329. The number of hydrogen-bond acceptors (Lipinski definition) is 1. The van der Waals surface area contributed by atoms with Gasteiger partial charge in [-0.2, -0.15) is 0 Å². The summed E-state index contributed by atoms with van der Waals surface area (Å²) in [7, 11) is 0. The first-order valence-electron chi connectivity index (χ1n) is 4.24. The van der Waals surface area contributed by atoms with E-state index in [1.807, 2.05) is 32.0 Å². The van der Waals surface area contributed by atoms with Crippen molar-refractivity contribution in [3.8, 4) is 0 Å². The van der Waals surface area contributed by atoms with Crippen molar-refractivity contribution in [3.63, 3.8) is 0 Å². The van der Waals surface area contributed by atoms with E-state index in [4.69, 9.17) is 5.73 Å². The third kappa shape index (κ3) is 1.81. The van der Waals surface area contributed by atoms with E-state index in [1.165, 1.54) is 0 Å². The summed E-state index contributed by atoms with van der Waals surface area (Å²) in [5.74, 6) is 0. The topological polar surface area (TPSA) is 26.0 Å². The number of benzene rings is 1. The summed E-state index contributed by atoms with van der Waals surface area (Å²) >= 11 is 0. The molecule has 0 bridgehead atoms. The average molecular weight is 173 g/mol. The Hall–Kier alpha value is -1.50. The van der Waals surface area contributed by atoms with E-state index < -0.39 is 0 Å². The second-order valence-corrected chi connectivity index (χ2v) is 3.33. The summed E-state index contributed by atoms with van der Waals surface area (Å²) in [5.41, 5.74) is 10.7. The fourth-order valence-corrected chi connectivity index (χ4v) is 1.31. The predicted molar refractivity (Wildman–Crippen MR) is 60.3 cm³/mol. The van der Waals surface area contributed by atoms with Gasteiger partial charge in [0.25, 0.3) is 0 Å². The first-order valence-corrected chi connectivity index (χ1v) is 4.24. The molecule has 0 aliphatic rings. The SMILES string of the molecule is C=C(C)c1cccc(C(=C)C)c1N. The minimum absolute atomic E-state index is 0.780. The third-order valence-electron chi connectivity index (χ3n) is 2.03. The van der Waals surface area contributed by atoms with Crippen LogP contribution in [0.25, 0.3) is 11.1 Å². The van der Waals surface area contributed by atoms with Crippen LogP contribution < -0.4 is 5.73 Å². The van der Waals surface area contributed by atoms with Crippen LogP contribution >= 0.6 is 0 Å². The molecule has 0 unspecified atom stereocenters. The van der Waals surface area contributed by atoms with Crippen molar-refractivity contribution in [1.29, 1.82) is 0 Å². The van der Waals surface area contributed by atoms with Crippen LogP contribution in [-0.4, -0.2) is 0 Å². The maximum absolute atomic E-state index is 5.96. The molecule has 1 heteroatoms. The smallest absolute Gasteiger partial charge is 0.0466 e. The molecule has 0 saturated heterocycles. The van der Waals surface area contributed by atoms with Crippen LogP contribution in [0.5, 0.6) is 0 Å². The third-order valence-corrected chi connectivity index (χ3v) is 2.03. The number of nitrogens with two attached hydrogens (primary N) is 1. The Morgan fingerprint density at radius 2 is 1.46 bits per heavy atom. The number of nitrogen functional groups attached to an aromatic ring is 1. The van der Waals surface area contributed by atoms with E-state index in [-0.39, 0.29) is 0 Å². The fraction of sp³-hybridized carbons (Fsp3) is 0.167. The van der Waals surface area contributed by atoms with Gasteiger partial charge < -0.3 is 5.73 Å². The lowest BCUT2D eigenvalue weighted by Crippen LogP contribution is -1.96. The number of rotatable bonds is 2. The Labute approximate surface area is 79.6 Å². The van der Waals surface area contributed by atoms with Crippen molar-refractivity contribution in [3.05, 3.63) is 42.5 Å². The lowest BCUT2D eigenvalue weighted by molar-refractivity contribution is 1.51. The molecule has 1 rings (SSSR count). The van der Waals surface area contributed by atoms with Crippen LogP contribution in [0.1, 0.15) is 25.0 Å². The van der Waals surface area contributed by atoms with Crippen LogP contribution in [0.3, 0.4) is 0 Å². The molecule has 0 fully saturated rings. The Morgan fingerprint density at radius 1 is 1.08 bits per heavy atom. The highest BCUT2D eigenvalue weighted by Crippen LogP contribution is 2.27. The molecule has 0 saturated carbocycles. The molecule has 13 heavy (non-hydrogen) atoms. The Morgan fingerprint density at radius 3 is 1.77 bits per heavy atom. The fourth-order valence-electron chi connectivity index (χ4n) is 1.31. The zero-order valence-corrected chi connectivity index (χ0v) is 8.22. The van der Waals surface area contributed by atoms with E-state index in [9.17, 15) is 0 Å². The number of anilines is 1. The molecular weight excluding hydrogens is 158 g/mol. The highest BCUT2D eigenvalue weighted by Gasteiger charge is 2.04. The molecule has 0 radical (unpaired) electrons. The van der Waals surface area contributed by atoms with Crippen molar-refractivity contribution in [2.75, 3.05) is 5.73 Å². The quantitative estimate of drug-likeness (QED) is 0.682. The van der Waals surface area contributed by atoms with Gasteiger partial charge in [-0.3, -0.25) is 0 Å². The molecule has 0 amide bonds. The molecule has 68 valence electrons. The molecule has 0 aliphatic heterocycles. The number of para-hydroxylation sites is 1. The predicted octanol–water partition coefficient (Wildman–Crippen LogP) is 3.34. The summed E-state index contributed by atoms with van der Waals surface area (Å²) < 4.78 is 0. The normalized spacial score (nSPS) is 9.69. The minimum Gasteiger partial charge on any atom is -0.398 e. The molecule has 0 heterocycles.